The number of rotatable bonds is 9. The fourth-order valence-electron chi connectivity index (χ4n) is 5.21. The van der Waals surface area contributed by atoms with Crippen molar-refractivity contribution < 1.29 is 23.8 Å². The van der Waals surface area contributed by atoms with Crippen LogP contribution < -0.4 is 10.1 Å². The Labute approximate surface area is 207 Å². The summed E-state index contributed by atoms with van der Waals surface area (Å²) in [6.07, 6.45) is 2.48. The van der Waals surface area contributed by atoms with Crippen LogP contribution in [0.1, 0.15) is 43.2 Å². The van der Waals surface area contributed by atoms with E-state index >= 15 is 0 Å². The van der Waals surface area contributed by atoms with Gasteiger partial charge in [-0.2, -0.15) is 0 Å². The molecule has 0 bridgehead atoms. The summed E-state index contributed by atoms with van der Waals surface area (Å²) in [4.78, 5) is 26.8. The Kier molecular flexibility index (Phi) is 8.03. The van der Waals surface area contributed by atoms with Crippen LogP contribution >= 0.6 is 0 Å². The van der Waals surface area contributed by atoms with Crippen LogP contribution in [0, 0.1) is 5.92 Å². The summed E-state index contributed by atoms with van der Waals surface area (Å²) in [6, 6.07) is 18.0. The molecule has 1 heterocycles. The maximum atomic E-state index is 13.6. The lowest BCUT2D eigenvalue weighted by Crippen LogP contribution is -2.37. The summed E-state index contributed by atoms with van der Waals surface area (Å²) < 4.78 is 16.1. The van der Waals surface area contributed by atoms with Gasteiger partial charge in [0.2, 0.25) is 0 Å². The zero-order valence-electron chi connectivity index (χ0n) is 20.6. The molecule has 6 heteroatoms. The van der Waals surface area contributed by atoms with E-state index in [1.54, 1.807) is 14.2 Å². The number of ether oxygens (including phenoxy) is 3. The molecule has 0 amide bonds. The number of aryl methyl sites for hydroxylation is 1. The Morgan fingerprint density at radius 3 is 2.49 bits per heavy atom. The minimum absolute atomic E-state index is 0.0164. The molecule has 1 aliphatic heterocycles. The molecule has 0 saturated heterocycles. The molecule has 2 unspecified atom stereocenters. The van der Waals surface area contributed by atoms with Gasteiger partial charge in [-0.3, -0.25) is 4.79 Å². The number of nitrogens with one attached hydrogen (secondary N) is 1. The number of benzene rings is 2. The first-order valence-electron chi connectivity index (χ1n) is 12.1. The Hall–Kier alpha value is -3.38. The highest BCUT2D eigenvalue weighted by Crippen LogP contribution is 2.44. The van der Waals surface area contributed by atoms with Crippen molar-refractivity contribution in [2.24, 2.45) is 5.92 Å². The number of methoxy groups -OCH3 is 2. The van der Waals surface area contributed by atoms with Gasteiger partial charge in [0.1, 0.15) is 12.4 Å². The fraction of sp³-hybridized carbons (Fsp3) is 0.379. The van der Waals surface area contributed by atoms with Crippen LogP contribution in [0.15, 0.2) is 77.1 Å². The smallest absolute Gasteiger partial charge is 0.336 e. The number of ketones is 1. The number of Topliss-reactive ketones (excluding diaryl/α,β-unsaturated/α-hetero) is 1. The summed E-state index contributed by atoms with van der Waals surface area (Å²) >= 11 is 0. The summed E-state index contributed by atoms with van der Waals surface area (Å²) in [7, 11) is 3.22. The highest BCUT2D eigenvalue weighted by molar-refractivity contribution is 6.02. The van der Waals surface area contributed by atoms with Crippen molar-refractivity contribution in [3.8, 4) is 5.75 Å². The average Bonchev–Trinajstić information content (AvgIpc) is 2.87. The second-order valence-corrected chi connectivity index (χ2v) is 9.03. The molecule has 2 aromatic rings. The van der Waals surface area contributed by atoms with E-state index in [-0.39, 0.29) is 24.2 Å². The molecule has 2 aromatic carbocycles. The minimum Gasteiger partial charge on any atom is -0.496 e. The molecule has 6 nitrogen and oxygen atoms in total. The number of hydrogen-bond acceptors (Lipinski definition) is 6. The monoisotopic (exact) mass is 475 g/mol. The van der Waals surface area contributed by atoms with E-state index in [1.165, 1.54) is 5.56 Å². The zero-order chi connectivity index (χ0) is 24.8. The van der Waals surface area contributed by atoms with Crippen LogP contribution in [-0.4, -0.2) is 39.2 Å². The number of para-hydroxylation sites is 1. The SMILES string of the molecule is COCCOC(=O)C1=C(C)NC2=C(C(=O)CC(c3ccccc3OC)C2)C1CCc1ccccc1. The van der Waals surface area contributed by atoms with Crippen molar-refractivity contribution in [1.82, 2.24) is 5.32 Å². The molecule has 0 saturated carbocycles. The second-order valence-electron chi connectivity index (χ2n) is 9.03. The van der Waals surface area contributed by atoms with Gasteiger partial charge in [-0.05, 0) is 43.4 Å². The Bertz CT molecular complexity index is 1130. The largest absolute Gasteiger partial charge is 0.496 e. The molecule has 4 rings (SSSR count). The third-order valence-corrected chi connectivity index (χ3v) is 6.83. The van der Waals surface area contributed by atoms with E-state index in [0.29, 0.717) is 31.4 Å². The van der Waals surface area contributed by atoms with Gasteiger partial charge in [0, 0.05) is 42.3 Å². The molecule has 0 spiro atoms. The third-order valence-electron chi connectivity index (χ3n) is 6.83. The predicted octanol–water partition coefficient (Wildman–Crippen LogP) is 4.71. The van der Waals surface area contributed by atoms with Gasteiger partial charge in [0.15, 0.2) is 5.78 Å². The van der Waals surface area contributed by atoms with E-state index in [9.17, 15) is 9.59 Å². The topological polar surface area (TPSA) is 73.9 Å². The van der Waals surface area contributed by atoms with E-state index in [2.05, 4.69) is 17.4 Å². The first kappa shape index (κ1) is 24.7. The maximum Gasteiger partial charge on any atom is 0.336 e. The predicted molar refractivity (Wildman–Crippen MR) is 134 cm³/mol. The highest BCUT2D eigenvalue weighted by Gasteiger charge is 2.40. The molecular formula is C29H33NO5. The number of carbonyl (C=O) groups is 2. The van der Waals surface area contributed by atoms with E-state index in [0.717, 1.165) is 34.7 Å². The van der Waals surface area contributed by atoms with Gasteiger partial charge >= 0.3 is 5.97 Å². The number of dihydropyridines is 1. The fourth-order valence-corrected chi connectivity index (χ4v) is 5.21. The summed E-state index contributed by atoms with van der Waals surface area (Å²) in [5.74, 6) is 0.175. The van der Waals surface area contributed by atoms with Gasteiger partial charge in [-0.1, -0.05) is 48.5 Å². The van der Waals surface area contributed by atoms with E-state index < -0.39 is 5.97 Å². The molecule has 0 aromatic heterocycles. The standard InChI is InChI=1S/C29H33NO5/c1-19-27(29(32)35-16-15-33-2)23(14-13-20-9-5-4-6-10-20)28-24(30-19)17-21(18-25(28)31)22-11-7-8-12-26(22)34-3/h4-12,21,23,30H,13-18H2,1-3H3. The van der Waals surface area contributed by atoms with Crippen molar-refractivity contribution in [2.45, 2.75) is 38.5 Å². The van der Waals surface area contributed by atoms with E-state index in [4.69, 9.17) is 14.2 Å². The molecule has 184 valence electrons. The number of allylic oxidation sites excluding steroid dienone is 3. The Morgan fingerprint density at radius 1 is 1.00 bits per heavy atom. The third kappa shape index (κ3) is 5.49. The quantitative estimate of drug-likeness (QED) is 0.418. The van der Waals surface area contributed by atoms with Gasteiger partial charge in [0.05, 0.1) is 19.3 Å². The molecule has 0 radical (unpaired) electrons. The average molecular weight is 476 g/mol. The van der Waals surface area contributed by atoms with Crippen LogP contribution in [0.3, 0.4) is 0 Å². The molecule has 2 aliphatic rings. The lowest BCUT2D eigenvalue weighted by molar-refractivity contribution is -0.141. The lowest BCUT2D eigenvalue weighted by atomic mass is 9.72. The van der Waals surface area contributed by atoms with Crippen LogP contribution in [0.4, 0.5) is 0 Å². The molecule has 2 atom stereocenters. The molecule has 0 fully saturated rings. The minimum atomic E-state index is -0.392. The summed E-state index contributed by atoms with van der Waals surface area (Å²) in [5, 5.41) is 3.40. The lowest BCUT2D eigenvalue weighted by Gasteiger charge is -2.36. The van der Waals surface area contributed by atoms with Gasteiger partial charge < -0.3 is 19.5 Å². The molecule has 35 heavy (non-hydrogen) atoms. The molecular weight excluding hydrogens is 442 g/mol. The van der Waals surface area contributed by atoms with Crippen molar-refractivity contribution in [1.29, 1.82) is 0 Å². The highest BCUT2D eigenvalue weighted by atomic mass is 16.6. The van der Waals surface area contributed by atoms with Crippen LogP contribution in [0.25, 0.3) is 0 Å². The normalized spacial score (nSPS) is 19.8. The van der Waals surface area contributed by atoms with Gasteiger partial charge in [-0.25, -0.2) is 4.79 Å². The number of hydrogen-bond donors (Lipinski definition) is 1. The van der Waals surface area contributed by atoms with Gasteiger partial charge in [0.25, 0.3) is 0 Å². The van der Waals surface area contributed by atoms with Gasteiger partial charge in [-0.15, -0.1) is 0 Å². The first-order chi connectivity index (χ1) is 17.0. The van der Waals surface area contributed by atoms with E-state index in [1.807, 2.05) is 49.4 Å². The summed E-state index contributed by atoms with van der Waals surface area (Å²) in [6.45, 7) is 2.39. The zero-order valence-corrected chi connectivity index (χ0v) is 20.6. The van der Waals surface area contributed by atoms with Crippen molar-refractivity contribution >= 4 is 11.8 Å². The Morgan fingerprint density at radius 2 is 1.74 bits per heavy atom. The molecule has 1 N–H and O–H groups in total. The second kappa shape index (κ2) is 11.4. The Balaban J connectivity index is 1.65. The van der Waals surface area contributed by atoms with Crippen molar-refractivity contribution in [3.05, 3.63) is 88.3 Å². The van der Waals surface area contributed by atoms with Crippen LogP contribution in [0.5, 0.6) is 5.75 Å². The maximum absolute atomic E-state index is 13.6. The number of esters is 1. The molecule has 1 aliphatic carbocycles. The van der Waals surface area contributed by atoms with Crippen molar-refractivity contribution in [2.75, 3.05) is 27.4 Å². The van der Waals surface area contributed by atoms with Crippen LogP contribution in [0.2, 0.25) is 0 Å². The van der Waals surface area contributed by atoms with Crippen LogP contribution in [-0.2, 0) is 25.5 Å². The number of carbonyl (C=O) groups excluding carboxylic acids is 2. The summed E-state index contributed by atoms with van der Waals surface area (Å²) in [5.41, 5.74) is 5.12. The van der Waals surface area contributed by atoms with Crippen molar-refractivity contribution in [3.63, 3.8) is 0 Å². The first-order valence-corrected chi connectivity index (χ1v) is 12.1.